The highest BCUT2D eigenvalue weighted by atomic mass is 79.9. The normalized spacial score (nSPS) is 20.4. The lowest BCUT2D eigenvalue weighted by molar-refractivity contribution is -0.147. The number of aliphatic carboxylic acids is 1. The third kappa shape index (κ3) is 2.82. The molecular formula is C16H17BrN4O3. The first-order chi connectivity index (χ1) is 11.3. The summed E-state index contributed by atoms with van der Waals surface area (Å²) in [6, 6.07) is 7.53. The number of hydrogen-bond donors (Lipinski definition) is 1. The minimum Gasteiger partial charge on any atom is -0.481 e. The van der Waals surface area contributed by atoms with Crippen molar-refractivity contribution in [2.45, 2.75) is 20.3 Å². The average molecular weight is 393 g/mol. The third-order valence-corrected chi connectivity index (χ3v) is 4.92. The Labute approximate surface area is 147 Å². The standard InChI is InChI=1S/C16H17BrN4O3/c1-10-13(14(22)20-7-6-16(2,9-20)15(23)24)18-19-21(10)12-5-3-4-11(17)8-12/h3-5,8H,6-7,9H2,1-2H3,(H,23,24). The molecule has 2 heterocycles. The second kappa shape index (κ2) is 6.01. The van der Waals surface area contributed by atoms with E-state index < -0.39 is 11.4 Å². The number of halogens is 1. The molecule has 3 rings (SSSR count). The lowest BCUT2D eigenvalue weighted by Gasteiger charge is -2.19. The SMILES string of the molecule is Cc1c(C(=O)N2CCC(C)(C(=O)O)C2)nnn1-c1cccc(Br)c1. The molecule has 1 aromatic heterocycles. The van der Waals surface area contributed by atoms with Crippen LogP contribution in [0.25, 0.3) is 5.69 Å². The Kier molecular flexibility index (Phi) is 4.16. The molecule has 1 amide bonds. The Morgan fingerprint density at radius 3 is 2.75 bits per heavy atom. The lowest BCUT2D eigenvalue weighted by Crippen LogP contribution is -2.35. The number of benzene rings is 1. The Morgan fingerprint density at radius 1 is 1.38 bits per heavy atom. The van der Waals surface area contributed by atoms with Gasteiger partial charge in [-0.2, -0.15) is 0 Å². The maximum absolute atomic E-state index is 12.7. The second-order valence-corrected chi connectivity index (χ2v) is 7.17. The summed E-state index contributed by atoms with van der Waals surface area (Å²) in [4.78, 5) is 25.6. The van der Waals surface area contributed by atoms with E-state index in [0.717, 1.165) is 10.2 Å². The van der Waals surface area contributed by atoms with Gasteiger partial charge in [0.2, 0.25) is 0 Å². The van der Waals surface area contributed by atoms with E-state index >= 15 is 0 Å². The largest absolute Gasteiger partial charge is 0.481 e. The molecule has 1 saturated heterocycles. The van der Waals surface area contributed by atoms with E-state index in [9.17, 15) is 14.7 Å². The molecule has 8 heteroatoms. The zero-order valence-electron chi connectivity index (χ0n) is 13.4. The van der Waals surface area contributed by atoms with Crippen LogP contribution in [0.5, 0.6) is 0 Å². The minimum absolute atomic E-state index is 0.185. The fourth-order valence-electron chi connectivity index (χ4n) is 2.84. The second-order valence-electron chi connectivity index (χ2n) is 6.26. The van der Waals surface area contributed by atoms with Crippen LogP contribution in [0.4, 0.5) is 0 Å². The molecule has 0 bridgehead atoms. The Balaban J connectivity index is 1.86. The number of carboxylic acids is 1. The van der Waals surface area contributed by atoms with Gasteiger partial charge >= 0.3 is 5.97 Å². The van der Waals surface area contributed by atoms with Crippen LogP contribution in [-0.2, 0) is 4.79 Å². The molecule has 0 spiro atoms. The molecule has 1 aromatic carbocycles. The summed E-state index contributed by atoms with van der Waals surface area (Å²) in [6.45, 7) is 4.03. The molecule has 2 aromatic rings. The van der Waals surface area contributed by atoms with Gasteiger partial charge in [0, 0.05) is 17.6 Å². The molecule has 1 aliphatic heterocycles. The van der Waals surface area contributed by atoms with Gasteiger partial charge in [0.1, 0.15) is 0 Å². The van der Waals surface area contributed by atoms with Crippen LogP contribution < -0.4 is 0 Å². The fraction of sp³-hybridized carbons (Fsp3) is 0.375. The van der Waals surface area contributed by atoms with Crippen molar-refractivity contribution < 1.29 is 14.7 Å². The van der Waals surface area contributed by atoms with Crippen LogP contribution in [0.2, 0.25) is 0 Å². The summed E-state index contributed by atoms with van der Waals surface area (Å²) >= 11 is 3.41. The maximum atomic E-state index is 12.7. The predicted octanol–water partition coefficient (Wildman–Crippen LogP) is 2.28. The van der Waals surface area contributed by atoms with Gasteiger partial charge in [-0.05, 0) is 38.5 Å². The Morgan fingerprint density at radius 2 is 2.12 bits per heavy atom. The van der Waals surface area contributed by atoms with E-state index in [0.29, 0.717) is 18.7 Å². The van der Waals surface area contributed by atoms with Gasteiger partial charge in [0.05, 0.1) is 16.8 Å². The molecule has 1 atom stereocenters. The predicted molar refractivity (Wildman–Crippen MR) is 90.1 cm³/mol. The van der Waals surface area contributed by atoms with E-state index in [1.807, 2.05) is 24.3 Å². The topological polar surface area (TPSA) is 88.3 Å². The quantitative estimate of drug-likeness (QED) is 0.865. The highest BCUT2D eigenvalue weighted by molar-refractivity contribution is 9.10. The molecule has 7 nitrogen and oxygen atoms in total. The molecule has 24 heavy (non-hydrogen) atoms. The van der Waals surface area contributed by atoms with E-state index in [-0.39, 0.29) is 18.1 Å². The number of likely N-dealkylation sites (tertiary alicyclic amines) is 1. The van der Waals surface area contributed by atoms with Crippen LogP contribution in [0.1, 0.15) is 29.5 Å². The molecule has 1 aliphatic rings. The summed E-state index contributed by atoms with van der Waals surface area (Å²) < 4.78 is 2.50. The zero-order valence-corrected chi connectivity index (χ0v) is 14.9. The summed E-state index contributed by atoms with van der Waals surface area (Å²) in [6.07, 6.45) is 0.437. The van der Waals surface area contributed by atoms with Crippen molar-refractivity contribution in [1.82, 2.24) is 19.9 Å². The lowest BCUT2D eigenvalue weighted by atomic mass is 9.90. The summed E-state index contributed by atoms with van der Waals surface area (Å²) in [5.74, 6) is -1.16. The van der Waals surface area contributed by atoms with Crippen molar-refractivity contribution >= 4 is 27.8 Å². The number of rotatable bonds is 3. The number of aromatic nitrogens is 3. The van der Waals surface area contributed by atoms with Gasteiger partial charge in [-0.15, -0.1) is 5.10 Å². The number of amides is 1. The van der Waals surface area contributed by atoms with E-state index in [1.54, 1.807) is 18.5 Å². The monoisotopic (exact) mass is 392 g/mol. The van der Waals surface area contributed by atoms with Crippen molar-refractivity contribution in [3.8, 4) is 5.69 Å². The number of carbonyl (C=O) groups is 2. The van der Waals surface area contributed by atoms with Crippen LogP contribution in [0.3, 0.4) is 0 Å². The Hall–Kier alpha value is -2.22. The fourth-order valence-corrected chi connectivity index (χ4v) is 3.23. The van der Waals surface area contributed by atoms with Crippen LogP contribution in [-0.4, -0.2) is 50.0 Å². The first-order valence-electron chi connectivity index (χ1n) is 7.53. The molecule has 1 unspecified atom stereocenters. The van der Waals surface area contributed by atoms with Crippen LogP contribution in [0, 0.1) is 12.3 Å². The van der Waals surface area contributed by atoms with Gasteiger partial charge in [-0.3, -0.25) is 9.59 Å². The van der Waals surface area contributed by atoms with Gasteiger partial charge in [0.15, 0.2) is 5.69 Å². The van der Waals surface area contributed by atoms with E-state index in [2.05, 4.69) is 26.2 Å². The maximum Gasteiger partial charge on any atom is 0.311 e. The van der Waals surface area contributed by atoms with Crippen molar-refractivity contribution in [2.24, 2.45) is 5.41 Å². The number of hydrogen-bond acceptors (Lipinski definition) is 4. The molecule has 1 N–H and O–H groups in total. The van der Waals surface area contributed by atoms with Crippen molar-refractivity contribution in [2.75, 3.05) is 13.1 Å². The molecule has 0 saturated carbocycles. The van der Waals surface area contributed by atoms with Crippen molar-refractivity contribution in [3.05, 3.63) is 40.1 Å². The molecule has 1 fully saturated rings. The van der Waals surface area contributed by atoms with Crippen LogP contribution in [0.15, 0.2) is 28.7 Å². The Bertz CT molecular complexity index is 819. The molecule has 0 radical (unpaired) electrons. The zero-order chi connectivity index (χ0) is 17.5. The minimum atomic E-state index is -0.899. The number of nitrogens with zero attached hydrogens (tertiary/aromatic N) is 4. The molecule has 126 valence electrons. The summed E-state index contributed by atoms with van der Waals surface area (Å²) in [5, 5.41) is 17.4. The van der Waals surface area contributed by atoms with Gasteiger partial charge < -0.3 is 10.0 Å². The summed E-state index contributed by atoms with van der Waals surface area (Å²) in [5.41, 5.74) is 0.779. The third-order valence-electron chi connectivity index (χ3n) is 4.43. The first-order valence-corrected chi connectivity index (χ1v) is 8.32. The highest BCUT2D eigenvalue weighted by Gasteiger charge is 2.43. The molecule has 0 aliphatic carbocycles. The van der Waals surface area contributed by atoms with Crippen molar-refractivity contribution in [3.63, 3.8) is 0 Å². The van der Waals surface area contributed by atoms with Gasteiger partial charge in [-0.25, -0.2) is 4.68 Å². The number of carbonyl (C=O) groups excluding carboxylic acids is 1. The van der Waals surface area contributed by atoms with E-state index in [1.165, 1.54) is 4.90 Å². The van der Waals surface area contributed by atoms with Crippen LogP contribution >= 0.6 is 15.9 Å². The van der Waals surface area contributed by atoms with E-state index in [4.69, 9.17) is 0 Å². The average Bonchev–Trinajstić information content (AvgIpc) is 3.11. The highest BCUT2D eigenvalue weighted by Crippen LogP contribution is 2.31. The van der Waals surface area contributed by atoms with Crippen molar-refractivity contribution in [1.29, 1.82) is 0 Å². The summed E-state index contributed by atoms with van der Waals surface area (Å²) in [7, 11) is 0. The number of carboxylic acid groups (broad SMARTS) is 1. The first kappa shape index (κ1) is 16.6. The molecular weight excluding hydrogens is 376 g/mol. The van der Waals surface area contributed by atoms with Gasteiger partial charge in [-0.1, -0.05) is 27.2 Å². The van der Waals surface area contributed by atoms with Gasteiger partial charge in [0.25, 0.3) is 5.91 Å². The smallest absolute Gasteiger partial charge is 0.311 e.